The van der Waals surface area contributed by atoms with E-state index in [4.69, 9.17) is 10.5 Å². The number of carbonyl (C=O) groups is 1. The van der Waals surface area contributed by atoms with E-state index in [2.05, 4.69) is 5.10 Å². The van der Waals surface area contributed by atoms with Crippen LogP contribution in [0.25, 0.3) is 5.69 Å². The Bertz CT molecular complexity index is 1480. The van der Waals surface area contributed by atoms with Gasteiger partial charge in [0.15, 0.2) is 11.5 Å². The lowest BCUT2D eigenvalue weighted by Crippen LogP contribution is -2.88. The highest BCUT2D eigenvalue weighted by atomic mass is 19.3. The number of nitrogen functional groups attached to an aromatic ring is 1. The molecule has 0 atom stereocenters. The Hall–Kier alpha value is -4.31. The number of likely N-dealkylation sites (tertiary alicyclic amines) is 1. The van der Waals surface area contributed by atoms with Crippen LogP contribution in [-0.4, -0.2) is 58.4 Å². The average Bonchev–Trinajstić information content (AvgIpc) is 3.27. The standard InChI is InChI=1S/C30H28F3N5O2/c1-2-40-28(39)25-24(34)27(38(35-25)23-15-13-22(31)14-16-23)37-19-30(32,33)29(37)17-36(18-29)26(20-9-5-3-6-10-20)21-11-7-4-8-12-21/h3-16,26H,2,17-19,34H2,1H3. The molecule has 2 saturated heterocycles. The molecule has 2 aliphatic heterocycles. The molecule has 2 N–H and O–H groups in total. The number of anilines is 2. The molecule has 206 valence electrons. The van der Waals surface area contributed by atoms with Crippen molar-refractivity contribution in [1.29, 1.82) is 0 Å². The van der Waals surface area contributed by atoms with Crippen LogP contribution in [-0.2, 0) is 4.74 Å². The summed E-state index contributed by atoms with van der Waals surface area (Å²) in [4.78, 5) is 16.2. The molecule has 40 heavy (non-hydrogen) atoms. The van der Waals surface area contributed by atoms with Crippen LogP contribution in [0.5, 0.6) is 0 Å². The molecule has 1 spiro atoms. The summed E-state index contributed by atoms with van der Waals surface area (Å²) in [6.45, 7) is 1.25. The Labute approximate surface area is 229 Å². The van der Waals surface area contributed by atoms with Gasteiger partial charge in [0, 0.05) is 13.1 Å². The molecule has 10 heteroatoms. The number of alkyl halides is 2. The SMILES string of the molecule is CCOC(=O)c1nn(-c2ccc(F)cc2)c(N2CC(F)(F)C23CN(C(c2ccccc2)c2ccccc2)C3)c1N. The van der Waals surface area contributed by atoms with Crippen molar-refractivity contribution in [2.24, 2.45) is 0 Å². The van der Waals surface area contributed by atoms with E-state index in [-0.39, 0.29) is 42.9 Å². The van der Waals surface area contributed by atoms with Crippen LogP contribution >= 0.6 is 0 Å². The molecule has 3 heterocycles. The monoisotopic (exact) mass is 547 g/mol. The minimum atomic E-state index is -3.02. The van der Waals surface area contributed by atoms with Gasteiger partial charge in [-0.25, -0.2) is 22.6 Å². The van der Waals surface area contributed by atoms with Crippen molar-refractivity contribution in [3.05, 3.63) is 108 Å². The van der Waals surface area contributed by atoms with Crippen LogP contribution in [0.15, 0.2) is 84.9 Å². The lowest BCUT2D eigenvalue weighted by molar-refractivity contribution is -0.190. The number of carbonyl (C=O) groups excluding carboxylic acids is 1. The van der Waals surface area contributed by atoms with E-state index in [1.165, 1.54) is 33.8 Å². The zero-order valence-corrected chi connectivity index (χ0v) is 21.8. The third kappa shape index (κ3) is 4.02. The van der Waals surface area contributed by atoms with E-state index in [1.807, 2.05) is 65.6 Å². The Morgan fingerprint density at radius 2 is 1.52 bits per heavy atom. The van der Waals surface area contributed by atoms with Gasteiger partial charge in [-0.1, -0.05) is 60.7 Å². The van der Waals surface area contributed by atoms with E-state index in [0.29, 0.717) is 5.69 Å². The molecule has 7 nitrogen and oxygen atoms in total. The van der Waals surface area contributed by atoms with Gasteiger partial charge in [-0.3, -0.25) is 4.90 Å². The summed E-state index contributed by atoms with van der Waals surface area (Å²) in [5, 5.41) is 4.35. The number of esters is 1. The van der Waals surface area contributed by atoms with Crippen molar-refractivity contribution in [1.82, 2.24) is 14.7 Å². The summed E-state index contributed by atoms with van der Waals surface area (Å²) >= 11 is 0. The Morgan fingerprint density at radius 3 is 2.05 bits per heavy atom. The van der Waals surface area contributed by atoms with Crippen molar-refractivity contribution < 1.29 is 22.7 Å². The Balaban J connectivity index is 1.40. The van der Waals surface area contributed by atoms with Gasteiger partial charge < -0.3 is 15.4 Å². The van der Waals surface area contributed by atoms with Crippen molar-refractivity contribution in [3.63, 3.8) is 0 Å². The lowest BCUT2D eigenvalue weighted by atomic mass is 9.72. The topological polar surface area (TPSA) is 76.6 Å². The highest BCUT2D eigenvalue weighted by Crippen LogP contribution is 2.56. The molecule has 3 aromatic carbocycles. The van der Waals surface area contributed by atoms with Crippen LogP contribution in [0.4, 0.5) is 24.7 Å². The zero-order chi connectivity index (χ0) is 28.1. The third-order valence-electron chi connectivity index (χ3n) is 7.77. The zero-order valence-electron chi connectivity index (χ0n) is 21.8. The maximum absolute atomic E-state index is 15.5. The quantitative estimate of drug-likeness (QED) is 0.326. The van der Waals surface area contributed by atoms with Gasteiger partial charge in [0.05, 0.1) is 24.9 Å². The smallest absolute Gasteiger partial charge is 0.361 e. The predicted octanol–water partition coefficient (Wildman–Crippen LogP) is 5.07. The first-order chi connectivity index (χ1) is 19.3. The molecule has 0 saturated carbocycles. The summed E-state index contributed by atoms with van der Waals surface area (Å²) in [6, 6.07) is 24.7. The number of nitrogens with zero attached hydrogens (tertiary/aromatic N) is 4. The van der Waals surface area contributed by atoms with Gasteiger partial charge >= 0.3 is 5.97 Å². The van der Waals surface area contributed by atoms with Gasteiger partial charge in [-0.2, -0.15) is 5.10 Å². The van der Waals surface area contributed by atoms with Gasteiger partial charge in [-0.05, 0) is 42.3 Å². The third-order valence-corrected chi connectivity index (χ3v) is 7.77. The molecule has 0 amide bonds. The number of benzene rings is 3. The average molecular weight is 548 g/mol. The molecular weight excluding hydrogens is 519 g/mol. The fourth-order valence-corrected chi connectivity index (χ4v) is 5.77. The van der Waals surface area contributed by atoms with Gasteiger partial charge in [0.1, 0.15) is 17.0 Å². The molecule has 1 aromatic heterocycles. The molecule has 2 aliphatic rings. The van der Waals surface area contributed by atoms with Crippen molar-refractivity contribution in [2.45, 2.75) is 24.4 Å². The number of rotatable bonds is 7. The fraction of sp³-hybridized carbons (Fsp3) is 0.267. The maximum atomic E-state index is 15.5. The van der Waals surface area contributed by atoms with Crippen LogP contribution in [0.2, 0.25) is 0 Å². The fourth-order valence-electron chi connectivity index (χ4n) is 5.77. The second-order valence-corrected chi connectivity index (χ2v) is 10.1. The van der Waals surface area contributed by atoms with Crippen molar-refractivity contribution >= 4 is 17.5 Å². The summed E-state index contributed by atoms with van der Waals surface area (Å²) in [7, 11) is 0. The molecule has 0 radical (unpaired) electrons. The molecule has 6 rings (SSSR count). The van der Waals surface area contributed by atoms with E-state index >= 15 is 8.78 Å². The van der Waals surface area contributed by atoms with Crippen LogP contribution in [0.3, 0.4) is 0 Å². The van der Waals surface area contributed by atoms with Gasteiger partial charge in [0.2, 0.25) is 0 Å². The number of ether oxygens (including phenoxy) is 1. The molecule has 4 aromatic rings. The lowest BCUT2D eigenvalue weighted by Gasteiger charge is -2.67. The minimum absolute atomic E-state index is 0.0528. The van der Waals surface area contributed by atoms with E-state index in [9.17, 15) is 9.18 Å². The number of aromatic nitrogens is 2. The van der Waals surface area contributed by atoms with E-state index in [0.717, 1.165) is 11.1 Å². The summed E-state index contributed by atoms with van der Waals surface area (Å²) in [5.74, 6) is -4.08. The van der Waals surface area contributed by atoms with Crippen molar-refractivity contribution in [3.8, 4) is 5.69 Å². The number of hydrogen-bond acceptors (Lipinski definition) is 6. The number of hydrogen-bond donors (Lipinski definition) is 1. The summed E-state index contributed by atoms with van der Waals surface area (Å²) in [5.41, 5.74) is 7.01. The van der Waals surface area contributed by atoms with Crippen LogP contribution in [0.1, 0.15) is 34.6 Å². The van der Waals surface area contributed by atoms with Gasteiger partial charge in [0.25, 0.3) is 5.92 Å². The van der Waals surface area contributed by atoms with Crippen LogP contribution in [0, 0.1) is 5.82 Å². The van der Waals surface area contributed by atoms with E-state index < -0.39 is 29.8 Å². The molecule has 0 bridgehead atoms. The highest BCUT2D eigenvalue weighted by Gasteiger charge is 2.73. The largest absolute Gasteiger partial charge is 0.461 e. The van der Waals surface area contributed by atoms with E-state index in [1.54, 1.807) is 6.92 Å². The Kier molecular flexibility index (Phi) is 6.29. The first-order valence-corrected chi connectivity index (χ1v) is 13.1. The minimum Gasteiger partial charge on any atom is -0.461 e. The molecular formula is C30H28F3N5O2. The Morgan fingerprint density at radius 1 is 0.950 bits per heavy atom. The molecule has 0 unspecified atom stereocenters. The second kappa shape index (κ2) is 9.71. The van der Waals surface area contributed by atoms with Crippen molar-refractivity contribution in [2.75, 3.05) is 36.9 Å². The number of nitrogens with two attached hydrogens (primary N) is 1. The second-order valence-electron chi connectivity index (χ2n) is 10.1. The number of halogens is 3. The summed E-state index contributed by atoms with van der Waals surface area (Å²) in [6.07, 6.45) is 0. The first kappa shape index (κ1) is 25.9. The van der Waals surface area contributed by atoms with Crippen LogP contribution < -0.4 is 10.6 Å². The maximum Gasteiger partial charge on any atom is 0.361 e. The molecule has 2 fully saturated rings. The first-order valence-electron chi connectivity index (χ1n) is 13.1. The highest BCUT2D eigenvalue weighted by molar-refractivity contribution is 5.97. The molecule has 0 aliphatic carbocycles. The summed E-state index contributed by atoms with van der Waals surface area (Å²) < 4.78 is 51.2. The normalized spacial score (nSPS) is 17.5. The van der Waals surface area contributed by atoms with Gasteiger partial charge in [-0.15, -0.1) is 0 Å². The predicted molar refractivity (Wildman–Crippen MR) is 145 cm³/mol.